The summed E-state index contributed by atoms with van der Waals surface area (Å²) >= 11 is 0. The fourth-order valence-corrected chi connectivity index (χ4v) is 4.05. The molecule has 3 aromatic carbocycles. The molecule has 170 valence electrons. The van der Waals surface area contributed by atoms with Crippen LogP contribution >= 0.6 is 0 Å². The van der Waals surface area contributed by atoms with E-state index in [1.807, 2.05) is 43.3 Å². The third-order valence-corrected chi connectivity index (χ3v) is 6.12. The zero-order valence-electron chi connectivity index (χ0n) is 20.0. The van der Waals surface area contributed by atoms with E-state index in [9.17, 15) is 4.79 Å². The standard InChI is InChI=1S/C27H31N5O/c1-6-20-9-11-21(12-10-20)27(33)28-23-17-25-24(16-18(23)4)29-32(30-25)26-14-13-22(15-19(26)5)31(7-2)8-3/h9-17H,6-8H2,1-5H3,(H,28,33). The molecule has 4 rings (SSSR count). The predicted molar refractivity (Wildman–Crippen MR) is 136 cm³/mol. The van der Waals surface area contributed by atoms with Crippen molar-refractivity contribution < 1.29 is 4.79 Å². The van der Waals surface area contributed by atoms with E-state index in [0.29, 0.717) is 5.56 Å². The van der Waals surface area contributed by atoms with Crippen LogP contribution in [0.2, 0.25) is 0 Å². The van der Waals surface area contributed by atoms with E-state index in [2.05, 4.69) is 56.1 Å². The molecule has 1 heterocycles. The van der Waals surface area contributed by atoms with E-state index in [1.54, 1.807) is 4.80 Å². The summed E-state index contributed by atoms with van der Waals surface area (Å²) in [6.07, 6.45) is 0.949. The van der Waals surface area contributed by atoms with Gasteiger partial charge in [0.25, 0.3) is 5.91 Å². The van der Waals surface area contributed by atoms with Gasteiger partial charge in [-0.15, -0.1) is 10.2 Å². The van der Waals surface area contributed by atoms with Gasteiger partial charge in [0.2, 0.25) is 0 Å². The largest absolute Gasteiger partial charge is 0.372 e. The maximum atomic E-state index is 12.8. The van der Waals surface area contributed by atoms with Crippen LogP contribution in [0.1, 0.15) is 47.8 Å². The number of carbonyl (C=O) groups excluding carboxylic acids is 1. The summed E-state index contributed by atoms with van der Waals surface area (Å²) in [7, 11) is 0. The molecule has 0 atom stereocenters. The molecular formula is C27H31N5O. The topological polar surface area (TPSA) is 63.1 Å². The fourth-order valence-electron chi connectivity index (χ4n) is 4.05. The maximum absolute atomic E-state index is 12.8. The highest BCUT2D eigenvalue weighted by Gasteiger charge is 2.13. The molecule has 0 bridgehead atoms. The van der Waals surface area contributed by atoms with Gasteiger partial charge >= 0.3 is 0 Å². The van der Waals surface area contributed by atoms with Crippen LogP contribution in [0.3, 0.4) is 0 Å². The van der Waals surface area contributed by atoms with Crippen molar-refractivity contribution in [3.8, 4) is 5.69 Å². The number of carbonyl (C=O) groups is 1. The van der Waals surface area contributed by atoms with Crippen LogP contribution in [0.25, 0.3) is 16.7 Å². The Kier molecular flexibility index (Phi) is 6.45. The Morgan fingerprint density at radius 1 is 0.879 bits per heavy atom. The van der Waals surface area contributed by atoms with Gasteiger partial charge in [0.15, 0.2) is 0 Å². The molecule has 0 saturated carbocycles. The van der Waals surface area contributed by atoms with Crippen LogP contribution in [0.5, 0.6) is 0 Å². The Labute approximate surface area is 195 Å². The van der Waals surface area contributed by atoms with Crippen LogP contribution in [-0.4, -0.2) is 34.0 Å². The van der Waals surface area contributed by atoms with Crippen molar-refractivity contribution in [3.05, 3.63) is 76.9 Å². The van der Waals surface area contributed by atoms with E-state index in [0.717, 1.165) is 53.0 Å². The first kappa shape index (κ1) is 22.5. The third-order valence-electron chi connectivity index (χ3n) is 6.12. The summed E-state index contributed by atoms with van der Waals surface area (Å²) in [4.78, 5) is 16.8. The summed E-state index contributed by atoms with van der Waals surface area (Å²) in [5.41, 5.74) is 8.33. The van der Waals surface area contributed by atoms with Crippen molar-refractivity contribution in [2.75, 3.05) is 23.3 Å². The number of aromatic nitrogens is 3. The lowest BCUT2D eigenvalue weighted by molar-refractivity contribution is 0.102. The number of amides is 1. The van der Waals surface area contributed by atoms with Crippen molar-refractivity contribution in [1.29, 1.82) is 0 Å². The molecule has 1 aromatic heterocycles. The van der Waals surface area contributed by atoms with Gasteiger partial charge < -0.3 is 10.2 Å². The Balaban J connectivity index is 1.62. The van der Waals surface area contributed by atoms with E-state index < -0.39 is 0 Å². The molecule has 0 saturated heterocycles. The number of hydrogen-bond donors (Lipinski definition) is 1. The predicted octanol–water partition coefficient (Wildman–Crippen LogP) is 5.70. The third kappa shape index (κ3) is 4.60. The number of benzene rings is 3. The molecule has 4 aromatic rings. The number of nitrogens with one attached hydrogen (secondary N) is 1. The van der Waals surface area contributed by atoms with Gasteiger partial charge in [0.05, 0.1) is 5.69 Å². The fraction of sp³-hybridized carbons (Fsp3) is 0.296. The molecule has 0 radical (unpaired) electrons. The van der Waals surface area contributed by atoms with Crippen LogP contribution in [-0.2, 0) is 6.42 Å². The Hall–Kier alpha value is -3.67. The highest BCUT2D eigenvalue weighted by molar-refractivity contribution is 6.05. The summed E-state index contributed by atoms with van der Waals surface area (Å²) in [6, 6.07) is 17.9. The first-order valence-electron chi connectivity index (χ1n) is 11.6. The molecule has 0 fully saturated rings. The van der Waals surface area contributed by atoms with Crippen molar-refractivity contribution >= 4 is 28.3 Å². The van der Waals surface area contributed by atoms with Gasteiger partial charge in [-0.3, -0.25) is 4.79 Å². The lowest BCUT2D eigenvalue weighted by Crippen LogP contribution is -2.21. The SMILES string of the molecule is CCc1ccc(C(=O)Nc2cc3nn(-c4ccc(N(CC)CC)cc4C)nc3cc2C)cc1. The Morgan fingerprint density at radius 3 is 2.15 bits per heavy atom. The highest BCUT2D eigenvalue weighted by Crippen LogP contribution is 2.25. The monoisotopic (exact) mass is 441 g/mol. The van der Waals surface area contributed by atoms with Crippen molar-refractivity contribution in [1.82, 2.24) is 15.0 Å². The zero-order valence-corrected chi connectivity index (χ0v) is 20.0. The summed E-state index contributed by atoms with van der Waals surface area (Å²) in [6.45, 7) is 12.4. The molecule has 0 aliphatic heterocycles. The molecule has 33 heavy (non-hydrogen) atoms. The van der Waals surface area contributed by atoms with Gasteiger partial charge in [-0.1, -0.05) is 19.1 Å². The van der Waals surface area contributed by atoms with Gasteiger partial charge in [-0.05, 0) is 93.3 Å². The van der Waals surface area contributed by atoms with Gasteiger partial charge in [-0.25, -0.2) is 0 Å². The molecule has 0 spiro atoms. The average Bonchev–Trinajstić information content (AvgIpc) is 3.22. The lowest BCUT2D eigenvalue weighted by Gasteiger charge is -2.22. The van der Waals surface area contributed by atoms with E-state index in [4.69, 9.17) is 10.2 Å². The van der Waals surface area contributed by atoms with Crippen LogP contribution < -0.4 is 10.2 Å². The molecule has 0 unspecified atom stereocenters. The average molecular weight is 442 g/mol. The zero-order chi connectivity index (χ0) is 23.5. The number of nitrogens with zero attached hydrogens (tertiary/aromatic N) is 4. The molecular weight excluding hydrogens is 410 g/mol. The Bertz CT molecular complexity index is 1290. The normalized spacial score (nSPS) is 11.1. The van der Waals surface area contributed by atoms with Crippen LogP contribution in [0, 0.1) is 13.8 Å². The first-order valence-corrected chi connectivity index (χ1v) is 11.6. The quantitative estimate of drug-likeness (QED) is 0.400. The van der Waals surface area contributed by atoms with E-state index in [1.165, 1.54) is 11.3 Å². The molecule has 1 N–H and O–H groups in total. The smallest absolute Gasteiger partial charge is 0.255 e. The Morgan fingerprint density at radius 2 is 1.55 bits per heavy atom. The van der Waals surface area contributed by atoms with Gasteiger partial charge in [-0.2, -0.15) is 4.80 Å². The minimum atomic E-state index is -0.129. The lowest BCUT2D eigenvalue weighted by atomic mass is 10.1. The van der Waals surface area contributed by atoms with E-state index in [-0.39, 0.29) is 5.91 Å². The summed E-state index contributed by atoms with van der Waals surface area (Å²) in [5, 5.41) is 12.4. The molecule has 0 aliphatic carbocycles. The summed E-state index contributed by atoms with van der Waals surface area (Å²) in [5.74, 6) is -0.129. The van der Waals surface area contributed by atoms with Crippen molar-refractivity contribution in [3.63, 3.8) is 0 Å². The van der Waals surface area contributed by atoms with Crippen molar-refractivity contribution in [2.24, 2.45) is 0 Å². The highest BCUT2D eigenvalue weighted by atomic mass is 16.1. The molecule has 6 nitrogen and oxygen atoms in total. The molecule has 1 amide bonds. The van der Waals surface area contributed by atoms with Crippen molar-refractivity contribution in [2.45, 2.75) is 41.0 Å². The van der Waals surface area contributed by atoms with Crippen LogP contribution in [0.4, 0.5) is 11.4 Å². The number of rotatable bonds is 7. The number of aryl methyl sites for hydroxylation is 3. The van der Waals surface area contributed by atoms with Gasteiger partial charge in [0.1, 0.15) is 11.0 Å². The molecule has 0 aliphatic rings. The number of hydrogen-bond acceptors (Lipinski definition) is 4. The van der Waals surface area contributed by atoms with Gasteiger partial charge in [0, 0.05) is 30.0 Å². The minimum absolute atomic E-state index is 0.129. The number of fused-ring (bicyclic) bond motifs is 1. The van der Waals surface area contributed by atoms with Crippen LogP contribution in [0.15, 0.2) is 54.6 Å². The second kappa shape index (κ2) is 9.45. The first-order chi connectivity index (χ1) is 15.9. The number of anilines is 2. The second-order valence-electron chi connectivity index (χ2n) is 8.29. The molecule has 6 heteroatoms. The second-order valence-corrected chi connectivity index (χ2v) is 8.29. The maximum Gasteiger partial charge on any atom is 0.255 e. The van der Waals surface area contributed by atoms with E-state index >= 15 is 0 Å². The minimum Gasteiger partial charge on any atom is -0.372 e. The summed E-state index contributed by atoms with van der Waals surface area (Å²) < 4.78 is 0.